The number of hydrogen-bond acceptors (Lipinski definition) is 7. The Bertz CT molecular complexity index is 1340. The molecule has 1 fully saturated rings. The number of hydrogen-bond donors (Lipinski definition) is 3. The molecule has 216 valence electrons. The van der Waals surface area contributed by atoms with E-state index >= 15 is 0 Å². The van der Waals surface area contributed by atoms with Gasteiger partial charge in [-0.3, -0.25) is 14.6 Å². The van der Waals surface area contributed by atoms with E-state index < -0.39 is 34.9 Å². The fraction of sp³-hybridized carbons (Fsp3) is 0.355. The number of aliphatic hydroxyl groups excluding tert-OH is 1. The summed E-state index contributed by atoms with van der Waals surface area (Å²) in [5.74, 6) is -0.700. The number of thioether (sulfide) groups is 1. The van der Waals surface area contributed by atoms with Crippen molar-refractivity contribution >= 4 is 29.7 Å². The van der Waals surface area contributed by atoms with Crippen LogP contribution in [0.1, 0.15) is 36.1 Å². The summed E-state index contributed by atoms with van der Waals surface area (Å²) in [6.07, 6.45) is 1.01. The molecule has 1 aliphatic rings. The fourth-order valence-electron chi connectivity index (χ4n) is 4.78. The van der Waals surface area contributed by atoms with Gasteiger partial charge in [-0.15, -0.1) is 11.8 Å². The Morgan fingerprint density at radius 2 is 1.78 bits per heavy atom. The van der Waals surface area contributed by atoms with Crippen LogP contribution in [0.2, 0.25) is 0 Å². The summed E-state index contributed by atoms with van der Waals surface area (Å²) in [6.45, 7) is 6.11. The van der Waals surface area contributed by atoms with E-state index in [4.69, 9.17) is 4.74 Å². The molecule has 9 nitrogen and oxygen atoms in total. The molecule has 41 heavy (non-hydrogen) atoms. The van der Waals surface area contributed by atoms with Crippen molar-refractivity contribution in [1.82, 2.24) is 20.5 Å². The first-order chi connectivity index (χ1) is 19.7. The van der Waals surface area contributed by atoms with Gasteiger partial charge in [0.2, 0.25) is 5.91 Å². The maximum Gasteiger partial charge on any atom is 0.407 e. The highest BCUT2D eigenvalue weighted by molar-refractivity contribution is 8.00. The summed E-state index contributed by atoms with van der Waals surface area (Å²) in [6, 6.07) is 18.7. The Hall–Kier alpha value is -3.89. The smallest absolute Gasteiger partial charge is 0.407 e. The molecular formula is C31H36N4O5S. The second-order valence-electron chi connectivity index (χ2n) is 10.6. The normalized spacial score (nSPS) is 17.4. The van der Waals surface area contributed by atoms with Gasteiger partial charge in [0.1, 0.15) is 12.6 Å². The highest BCUT2D eigenvalue weighted by Crippen LogP contribution is 2.40. The number of carbonyl (C=O) groups is 3. The number of aromatic nitrogens is 1. The topological polar surface area (TPSA) is 121 Å². The number of amides is 3. The standard InChI is InChI=1S/C31H36N4O5S/c1-21-10-7-8-14-24(21)18-33-28(37)27-31(2,3)41-20-35(27)29(38)26(36)25(16-22-11-5-4-6-12-22)34-30(39)40-19-23-13-9-15-32-17-23/h4-15,17,25-27,36H,16,18-20H2,1-3H3,(H,33,37)(H,34,39). The summed E-state index contributed by atoms with van der Waals surface area (Å²) in [7, 11) is 0. The second-order valence-corrected chi connectivity index (χ2v) is 12.2. The van der Waals surface area contributed by atoms with Crippen LogP contribution in [0.15, 0.2) is 79.1 Å². The fourth-order valence-corrected chi connectivity index (χ4v) is 5.92. The predicted molar refractivity (Wildman–Crippen MR) is 158 cm³/mol. The van der Waals surface area contributed by atoms with Gasteiger partial charge in [-0.2, -0.15) is 0 Å². The summed E-state index contributed by atoms with van der Waals surface area (Å²) in [4.78, 5) is 45.3. The van der Waals surface area contributed by atoms with Crippen LogP contribution in [-0.4, -0.2) is 61.7 Å². The maximum absolute atomic E-state index is 13.8. The van der Waals surface area contributed by atoms with Crippen LogP contribution in [0, 0.1) is 6.92 Å². The molecule has 2 aromatic carbocycles. The monoisotopic (exact) mass is 576 g/mol. The van der Waals surface area contributed by atoms with Gasteiger partial charge in [-0.1, -0.05) is 60.7 Å². The van der Waals surface area contributed by atoms with Crippen molar-refractivity contribution in [3.05, 3.63) is 101 Å². The maximum atomic E-state index is 13.8. The van der Waals surface area contributed by atoms with Gasteiger partial charge in [-0.25, -0.2) is 4.79 Å². The minimum atomic E-state index is -1.61. The van der Waals surface area contributed by atoms with Crippen LogP contribution in [0.25, 0.3) is 0 Å². The number of ether oxygens (including phenoxy) is 1. The Morgan fingerprint density at radius 1 is 1.07 bits per heavy atom. The van der Waals surface area contributed by atoms with E-state index in [2.05, 4.69) is 15.6 Å². The molecule has 1 saturated heterocycles. The number of aliphatic hydroxyl groups is 1. The largest absolute Gasteiger partial charge is 0.445 e. The van der Waals surface area contributed by atoms with Crippen molar-refractivity contribution in [2.24, 2.45) is 0 Å². The van der Waals surface area contributed by atoms with Gasteiger partial charge < -0.3 is 25.4 Å². The number of nitrogens with zero attached hydrogens (tertiary/aromatic N) is 2. The van der Waals surface area contributed by atoms with Crippen molar-refractivity contribution in [3.8, 4) is 0 Å². The van der Waals surface area contributed by atoms with Gasteiger partial charge in [-0.05, 0) is 49.9 Å². The Morgan fingerprint density at radius 3 is 2.49 bits per heavy atom. The van der Waals surface area contributed by atoms with Crippen molar-refractivity contribution in [1.29, 1.82) is 0 Å². The number of aryl methyl sites for hydroxylation is 1. The first kappa shape index (κ1) is 30.1. The van der Waals surface area contributed by atoms with Crippen LogP contribution < -0.4 is 10.6 Å². The van der Waals surface area contributed by atoms with Crippen LogP contribution in [0.5, 0.6) is 0 Å². The molecule has 4 rings (SSSR count). The SMILES string of the molecule is Cc1ccccc1CNC(=O)C1N(C(=O)C(O)C(Cc2ccccc2)NC(=O)OCc2cccnc2)CSC1(C)C. The van der Waals surface area contributed by atoms with Crippen LogP contribution >= 0.6 is 11.8 Å². The summed E-state index contributed by atoms with van der Waals surface area (Å²) < 4.78 is 4.75. The highest BCUT2D eigenvalue weighted by Gasteiger charge is 2.49. The highest BCUT2D eigenvalue weighted by atomic mass is 32.2. The zero-order valence-electron chi connectivity index (χ0n) is 23.4. The molecule has 2 heterocycles. The Balaban J connectivity index is 1.48. The lowest BCUT2D eigenvalue weighted by atomic mass is 9.97. The number of alkyl carbamates (subject to hydrolysis) is 1. The van der Waals surface area contributed by atoms with E-state index in [9.17, 15) is 19.5 Å². The van der Waals surface area contributed by atoms with Crippen molar-refractivity contribution < 1.29 is 24.2 Å². The lowest BCUT2D eigenvalue weighted by molar-refractivity contribution is -0.147. The molecule has 0 radical (unpaired) electrons. The minimum absolute atomic E-state index is 0.0120. The zero-order valence-corrected chi connectivity index (χ0v) is 24.3. The van der Waals surface area contributed by atoms with Crippen molar-refractivity contribution in [2.75, 3.05) is 5.88 Å². The molecular weight excluding hydrogens is 540 g/mol. The van der Waals surface area contributed by atoms with Crippen LogP contribution in [0.4, 0.5) is 4.79 Å². The van der Waals surface area contributed by atoms with E-state index in [-0.39, 0.29) is 24.8 Å². The van der Waals surface area contributed by atoms with Gasteiger partial charge >= 0.3 is 6.09 Å². The van der Waals surface area contributed by atoms with Gasteiger partial charge in [0.15, 0.2) is 6.10 Å². The lowest BCUT2D eigenvalue weighted by Crippen LogP contribution is -2.58. The van der Waals surface area contributed by atoms with Crippen LogP contribution in [-0.2, 0) is 33.9 Å². The molecule has 1 aliphatic heterocycles. The molecule has 0 spiro atoms. The number of rotatable bonds is 10. The molecule has 0 aliphatic carbocycles. The molecule has 3 amide bonds. The molecule has 3 unspecified atom stereocenters. The third-order valence-electron chi connectivity index (χ3n) is 7.12. The molecule has 3 N–H and O–H groups in total. The summed E-state index contributed by atoms with van der Waals surface area (Å²) in [5, 5.41) is 17.0. The third-order valence-corrected chi connectivity index (χ3v) is 8.49. The van der Waals surface area contributed by atoms with Gasteiger partial charge in [0.05, 0.1) is 11.9 Å². The summed E-state index contributed by atoms with van der Waals surface area (Å²) >= 11 is 1.47. The Labute approximate surface area is 244 Å². The number of benzene rings is 2. The van der Waals surface area contributed by atoms with Gasteiger partial charge in [0.25, 0.3) is 5.91 Å². The number of pyridine rings is 1. The molecule has 3 atom stereocenters. The van der Waals surface area contributed by atoms with E-state index in [1.807, 2.05) is 75.4 Å². The molecule has 3 aromatic rings. The van der Waals surface area contributed by atoms with Crippen molar-refractivity contribution in [2.45, 2.75) is 63.3 Å². The molecule has 1 aromatic heterocycles. The van der Waals surface area contributed by atoms with Gasteiger partial charge in [0, 0.05) is 29.2 Å². The Kier molecular flexibility index (Phi) is 10.0. The second kappa shape index (κ2) is 13.6. The quantitative estimate of drug-likeness (QED) is 0.337. The van der Waals surface area contributed by atoms with E-state index in [0.29, 0.717) is 12.1 Å². The molecule has 0 bridgehead atoms. The average molecular weight is 577 g/mol. The third kappa shape index (κ3) is 7.86. The average Bonchev–Trinajstić information content (AvgIpc) is 3.30. The summed E-state index contributed by atoms with van der Waals surface area (Å²) in [5.41, 5.74) is 3.57. The van der Waals surface area contributed by atoms with E-state index in [1.54, 1.807) is 24.5 Å². The number of carbonyl (C=O) groups excluding carboxylic acids is 3. The van der Waals surface area contributed by atoms with Crippen molar-refractivity contribution in [3.63, 3.8) is 0 Å². The first-order valence-corrected chi connectivity index (χ1v) is 14.4. The van der Waals surface area contributed by atoms with Crippen LogP contribution in [0.3, 0.4) is 0 Å². The van der Waals surface area contributed by atoms with E-state index in [0.717, 1.165) is 16.7 Å². The number of nitrogens with one attached hydrogen (secondary N) is 2. The molecule has 0 saturated carbocycles. The first-order valence-electron chi connectivity index (χ1n) is 13.5. The zero-order chi connectivity index (χ0) is 29.4. The molecule has 10 heteroatoms. The predicted octanol–water partition coefficient (Wildman–Crippen LogP) is 3.58. The van der Waals surface area contributed by atoms with E-state index in [1.165, 1.54) is 16.7 Å². The lowest BCUT2D eigenvalue weighted by Gasteiger charge is -2.33. The minimum Gasteiger partial charge on any atom is -0.445 e.